The maximum absolute atomic E-state index is 10.5. The van der Waals surface area contributed by atoms with E-state index in [1.807, 2.05) is 6.92 Å². The molecule has 0 aromatic rings. The summed E-state index contributed by atoms with van der Waals surface area (Å²) < 4.78 is 0. The van der Waals surface area contributed by atoms with Crippen LogP contribution in [0.3, 0.4) is 0 Å². The van der Waals surface area contributed by atoms with Crippen molar-refractivity contribution in [3.05, 3.63) is 0 Å². The molecule has 0 bridgehead atoms. The van der Waals surface area contributed by atoms with Crippen molar-refractivity contribution >= 4 is 5.97 Å². The summed E-state index contributed by atoms with van der Waals surface area (Å²) in [6.45, 7) is 3.27. The van der Waals surface area contributed by atoms with Crippen LogP contribution in [-0.4, -0.2) is 30.2 Å². The number of carboxylic acids is 1. The molecule has 4 heteroatoms. The first-order valence-corrected chi connectivity index (χ1v) is 4.38. The van der Waals surface area contributed by atoms with Crippen LogP contribution in [0.1, 0.15) is 26.2 Å². The molecule has 0 heterocycles. The molecule has 0 saturated heterocycles. The summed E-state index contributed by atoms with van der Waals surface area (Å²) in [7, 11) is 0. The third kappa shape index (κ3) is 5.09. The summed E-state index contributed by atoms with van der Waals surface area (Å²) in [5.74, 6) is -0.773. The third-order valence-corrected chi connectivity index (χ3v) is 1.73. The molecule has 4 nitrogen and oxygen atoms in total. The second-order valence-electron chi connectivity index (χ2n) is 2.75. The van der Waals surface area contributed by atoms with E-state index < -0.39 is 12.0 Å². The quantitative estimate of drug-likeness (QED) is 0.481. The van der Waals surface area contributed by atoms with Gasteiger partial charge in [-0.25, -0.2) is 0 Å². The molecule has 0 aromatic carbocycles. The summed E-state index contributed by atoms with van der Waals surface area (Å²) in [6, 6.07) is -0.400. The number of unbranched alkanes of at least 4 members (excludes halogenated alkanes) is 1. The largest absolute Gasteiger partial charge is 0.480 e. The Morgan fingerprint density at radius 1 is 1.58 bits per heavy atom. The predicted molar refractivity (Wildman–Crippen MR) is 48.0 cm³/mol. The molecule has 0 radical (unpaired) electrons. The molecular weight excluding hydrogens is 156 g/mol. The van der Waals surface area contributed by atoms with E-state index in [0.717, 1.165) is 19.4 Å². The number of aliphatic carboxylic acids is 1. The first kappa shape index (κ1) is 11.4. The fraction of sp³-hybridized carbons (Fsp3) is 0.875. The van der Waals surface area contributed by atoms with Gasteiger partial charge in [-0.2, -0.15) is 0 Å². The lowest BCUT2D eigenvalue weighted by atomic mass is 10.2. The molecule has 72 valence electrons. The van der Waals surface area contributed by atoms with Crippen LogP contribution in [-0.2, 0) is 4.79 Å². The zero-order chi connectivity index (χ0) is 9.40. The van der Waals surface area contributed by atoms with E-state index in [9.17, 15) is 4.79 Å². The van der Waals surface area contributed by atoms with Crippen LogP contribution in [0, 0.1) is 0 Å². The number of hydrogen-bond donors (Lipinski definition) is 3. The van der Waals surface area contributed by atoms with Crippen LogP contribution < -0.4 is 11.1 Å². The van der Waals surface area contributed by atoms with Gasteiger partial charge in [-0.3, -0.25) is 4.79 Å². The minimum absolute atomic E-state index is 0.400. The Labute approximate surface area is 73.1 Å². The van der Waals surface area contributed by atoms with E-state index >= 15 is 0 Å². The second kappa shape index (κ2) is 7.06. The number of rotatable bonds is 7. The van der Waals surface area contributed by atoms with Gasteiger partial charge in [0.15, 0.2) is 0 Å². The van der Waals surface area contributed by atoms with Gasteiger partial charge >= 0.3 is 5.97 Å². The van der Waals surface area contributed by atoms with Gasteiger partial charge in [-0.1, -0.05) is 6.92 Å². The van der Waals surface area contributed by atoms with E-state index in [1.54, 1.807) is 0 Å². The molecule has 0 aliphatic heterocycles. The molecule has 0 aromatic heterocycles. The van der Waals surface area contributed by atoms with Crippen molar-refractivity contribution in [2.75, 3.05) is 13.1 Å². The molecule has 0 rings (SSSR count). The lowest BCUT2D eigenvalue weighted by Gasteiger charge is -2.11. The highest BCUT2D eigenvalue weighted by molar-refractivity contribution is 5.73. The van der Waals surface area contributed by atoms with Gasteiger partial charge in [0.05, 0.1) is 0 Å². The van der Waals surface area contributed by atoms with Crippen molar-refractivity contribution in [2.24, 2.45) is 5.73 Å². The number of carboxylic acid groups (broad SMARTS) is 1. The average Bonchev–Trinajstić information content (AvgIpc) is 2.04. The van der Waals surface area contributed by atoms with Crippen LogP contribution in [0.15, 0.2) is 0 Å². The molecule has 0 aliphatic carbocycles. The van der Waals surface area contributed by atoms with Crippen LogP contribution in [0.2, 0.25) is 0 Å². The van der Waals surface area contributed by atoms with Crippen LogP contribution in [0.25, 0.3) is 0 Å². The lowest BCUT2D eigenvalue weighted by Crippen LogP contribution is -2.36. The van der Waals surface area contributed by atoms with E-state index in [2.05, 4.69) is 5.32 Å². The van der Waals surface area contributed by atoms with Crippen molar-refractivity contribution in [1.29, 1.82) is 0 Å². The smallest absolute Gasteiger partial charge is 0.320 e. The molecule has 0 spiro atoms. The zero-order valence-electron chi connectivity index (χ0n) is 7.55. The fourth-order valence-corrected chi connectivity index (χ4v) is 0.952. The number of nitrogens with two attached hydrogens (primary N) is 1. The highest BCUT2D eigenvalue weighted by Gasteiger charge is 2.12. The molecule has 0 saturated carbocycles. The Kier molecular flexibility index (Phi) is 6.70. The molecule has 0 fully saturated rings. The van der Waals surface area contributed by atoms with Crippen LogP contribution >= 0.6 is 0 Å². The third-order valence-electron chi connectivity index (χ3n) is 1.73. The Morgan fingerprint density at radius 3 is 2.67 bits per heavy atom. The Morgan fingerprint density at radius 2 is 2.25 bits per heavy atom. The average molecular weight is 174 g/mol. The van der Waals surface area contributed by atoms with Gasteiger partial charge in [0, 0.05) is 0 Å². The number of hydrogen-bond acceptors (Lipinski definition) is 3. The maximum atomic E-state index is 10.5. The normalized spacial score (nSPS) is 12.8. The SMILES string of the molecule is CCC(NCCCCN)C(=O)O. The minimum Gasteiger partial charge on any atom is -0.480 e. The lowest BCUT2D eigenvalue weighted by molar-refractivity contribution is -0.139. The van der Waals surface area contributed by atoms with Crippen LogP contribution in [0.4, 0.5) is 0 Å². The molecule has 0 aliphatic rings. The van der Waals surface area contributed by atoms with Gasteiger partial charge in [-0.05, 0) is 32.4 Å². The summed E-state index contributed by atoms with van der Waals surface area (Å²) in [4.78, 5) is 10.5. The van der Waals surface area contributed by atoms with Gasteiger partial charge < -0.3 is 16.2 Å². The first-order chi connectivity index (χ1) is 5.72. The fourth-order valence-electron chi connectivity index (χ4n) is 0.952. The van der Waals surface area contributed by atoms with Crippen molar-refractivity contribution in [1.82, 2.24) is 5.32 Å². The highest BCUT2D eigenvalue weighted by atomic mass is 16.4. The Bertz CT molecular complexity index is 128. The molecule has 1 unspecified atom stereocenters. The van der Waals surface area contributed by atoms with E-state index in [-0.39, 0.29) is 0 Å². The molecule has 4 N–H and O–H groups in total. The van der Waals surface area contributed by atoms with Crippen LogP contribution in [0.5, 0.6) is 0 Å². The van der Waals surface area contributed by atoms with E-state index in [4.69, 9.17) is 10.8 Å². The minimum atomic E-state index is -0.773. The monoisotopic (exact) mass is 174 g/mol. The first-order valence-electron chi connectivity index (χ1n) is 4.38. The summed E-state index contributed by atoms with van der Waals surface area (Å²) in [5, 5.41) is 11.6. The molecule has 0 amide bonds. The molecule has 12 heavy (non-hydrogen) atoms. The Balaban J connectivity index is 3.38. The van der Waals surface area contributed by atoms with Crippen molar-refractivity contribution in [3.8, 4) is 0 Å². The zero-order valence-corrected chi connectivity index (χ0v) is 7.55. The Hall–Kier alpha value is -0.610. The highest BCUT2D eigenvalue weighted by Crippen LogP contribution is 1.91. The number of nitrogens with one attached hydrogen (secondary N) is 1. The second-order valence-corrected chi connectivity index (χ2v) is 2.75. The number of carbonyl (C=O) groups is 1. The summed E-state index contributed by atoms with van der Waals surface area (Å²) in [6.07, 6.45) is 2.52. The molecular formula is C8H18N2O2. The predicted octanol–water partition coefficient (Wildman–Crippen LogP) is 0.178. The van der Waals surface area contributed by atoms with Gasteiger partial charge in [-0.15, -0.1) is 0 Å². The van der Waals surface area contributed by atoms with Crippen molar-refractivity contribution in [3.63, 3.8) is 0 Å². The summed E-state index contributed by atoms with van der Waals surface area (Å²) in [5.41, 5.74) is 5.29. The van der Waals surface area contributed by atoms with E-state index in [0.29, 0.717) is 13.0 Å². The van der Waals surface area contributed by atoms with Crippen molar-refractivity contribution in [2.45, 2.75) is 32.2 Å². The van der Waals surface area contributed by atoms with E-state index in [1.165, 1.54) is 0 Å². The van der Waals surface area contributed by atoms with Gasteiger partial charge in [0.25, 0.3) is 0 Å². The van der Waals surface area contributed by atoms with Crippen molar-refractivity contribution < 1.29 is 9.90 Å². The summed E-state index contributed by atoms with van der Waals surface area (Å²) >= 11 is 0. The maximum Gasteiger partial charge on any atom is 0.320 e. The topological polar surface area (TPSA) is 75.3 Å². The van der Waals surface area contributed by atoms with Gasteiger partial charge in [0.1, 0.15) is 6.04 Å². The molecule has 1 atom stereocenters. The standard InChI is InChI=1S/C8H18N2O2/c1-2-7(8(11)12)10-6-4-3-5-9/h7,10H,2-6,9H2,1H3,(H,11,12). The van der Waals surface area contributed by atoms with Gasteiger partial charge in [0.2, 0.25) is 0 Å².